The minimum atomic E-state index is -0.342. The molecule has 166 valence electrons. The highest BCUT2D eigenvalue weighted by molar-refractivity contribution is 5.95. The Hall–Kier alpha value is -3.68. The monoisotopic (exact) mass is 433 g/mol. The number of aryl methyl sites for hydroxylation is 2. The normalized spacial score (nSPS) is 13.8. The molecule has 0 saturated carbocycles. The lowest BCUT2D eigenvalue weighted by Crippen LogP contribution is -2.50. The quantitative estimate of drug-likeness (QED) is 0.615. The first kappa shape index (κ1) is 21.5. The van der Waals surface area contributed by atoms with Gasteiger partial charge in [0, 0.05) is 44.1 Å². The van der Waals surface area contributed by atoms with Gasteiger partial charge in [-0.25, -0.2) is 9.97 Å². The Morgan fingerprint density at radius 3 is 2.56 bits per heavy atom. The van der Waals surface area contributed by atoms with Gasteiger partial charge in [-0.05, 0) is 37.1 Å². The summed E-state index contributed by atoms with van der Waals surface area (Å²) in [7, 11) is 1.56. The first-order chi connectivity index (χ1) is 15.5. The molecule has 2 aromatic heterocycles. The lowest BCUT2D eigenvalue weighted by molar-refractivity contribution is 0.0743. The summed E-state index contributed by atoms with van der Waals surface area (Å²) in [5, 5.41) is 0. The number of hydrogen-bond donors (Lipinski definition) is 0. The topological polar surface area (TPSA) is 80.6 Å². The molecule has 3 aromatic rings. The maximum Gasteiger partial charge on any atom is 0.268 e. The molecule has 0 spiro atoms. The van der Waals surface area contributed by atoms with E-state index in [0.717, 1.165) is 17.9 Å². The van der Waals surface area contributed by atoms with Crippen molar-refractivity contribution in [1.29, 1.82) is 0 Å². The van der Waals surface area contributed by atoms with E-state index in [2.05, 4.69) is 21.8 Å². The van der Waals surface area contributed by atoms with Crippen molar-refractivity contribution in [2.24, 2.45) is 0 Å². The third-order valence-electron chi connectivity index (χ3n) is 5.82. The number of ether oxygens (including phenoxy) is 1. The highest BCUT2D eigenvalue weighted by Crippen LogP contribution is 2.22. The SMILES string of the molecule is CCc1cc(N2CCN(C(=O)c3c(C)ccn(-c4ccccc4OC)c3=O)CC2)ncn1. The second-order valence-corrected chi connectivity index (χ2v) is 7.72. The molecule has 1 fully saturated rings. The zero-order valence-corrected chi connectivity index (χ0v) is 18.6. The maximum absolute atomic E-state index is 13.4. The van der Waals surface area contributed by atoms with E-state index in [1.165, 1.54) is 4.57 Å². The Balaban J connectivity index is 1.57. The van der Waals surface area contributed by atoms with Gasteiger partial charge in [-0.2, -0.15) is 0 Å². The fraction of sp³-hybridized carbons (Fsp3) is 0.333. The third-order valence-corrected chi connectivity index (χ3v) is 5.82. The summed E-state index contributed by atoms with van der Waals surface area (Å²) in [6.45, 7) is 6.20. The van der Waals surface area contributed by atoms with Crippen LogP contribution in [-0.2, 0) is 6.42 Å². The number of para-hydroxylation sites is 2. The van der Waals surface area contributed by atoms with Crippen molar-refractivity contribution in [2.75, 3.05) is 38.2 Å². The summed E-state index contributed by atoms with van der Waals surface area (Å²) in [6.07, 6.45) is 4.11. The number of benzene rings is 1. The summed E-state index contributed by atoms with van der Waals surface area (Å²) < 4.78 is 6.88. The Bertz CT molecular complexity index is 1180. The fourth-order valence-corrected chi connectivity index (χ4v) is 3.95. The van der Waals surface area contributed by atoms with Crippen LogP contribution in [0.5, 0.6) is 5.75 Å². The number of nitrogens with zero attached hydrogens (tertiary/aromatic N) is 5. The molecule has 8 nitrogen and oxygen atoms in total. The van der Waals surface area contributed by atoms with E-state index < -0.39 is 0 Å². The Morgan fingerprint density at radius 2 is 1.84 bits per heavy atom. The van der Waals surface area contributed by atoms with Gasteiger partial charge in [0.15, 0.2) is 0 Å². The number of aromatic nitrogens is 3. The van der Waals surface area contributed by atoms with E-state index in [1.807, 2.05) is 18.2 Å². The van der Waals surface area contributed by atoms with Crippen molar-refractivity contribution < 1.29 is 9.53 Å². The number of carbonyl (C=O) groups is 1. The number of hydrogen-bond acceptors (Lipinski definition) is 6. The highest BCUT2D eigenvalue weighted by atomic mass is 16.5. The summed E-state index contributed by atoms with van der Waals surface area (Å²) in [5.41, 5.74) is 2.11. The minimum Gasteiger partial charge on any atom is -0.495 e. The zero-order valence-electron chi connectivity index (χ0n) is 18.6. The van der Waals surface area contributed by atoms with Crippen LogP contribution >= 0.6 is 0 Å². The van der Waals surface area contributed by atoms with Gasteiger partial charge in [0.1, 0.15) is 23.5 Å². The van der Waals surface area contributed by atoms with Crippen molar-refractivity contribution in [2.45, 2.75) is 20.3 Å². The molecular formula is C24H27N5O3. The molecule has 4 rings (SSSR count). The van der Waals surface area contributed by atoms with Crippen molar-refractivity contribution in [1.82, 2.24) is 19.4 Å². The first-order valence-electron chi connectivity index (χ1n) is 10.7. The lowest BCUT2D eigenvalue weighted by atomic mass is 10.1. The van der Waals surface area contributed by atoms with Crippen molar-refractivity contribution in [3.05, 3.63) is 76.1 Å². The number of rotatable bonds is 5. The number of pyridine rings is 1. The Labute approximate surface area is 187 Å². The number of amides is 1. The smallest absolute Gasteiger partial charge is 0.268 e. The summed E-state index contributed by atoms with van der Waals surface area (Å²) >= 11 is 0. The molecule has 1 saturated heterocycles. The molecular weight excluding hydrogens is 406 g/mol. The van der Waals surface area contributed by atoms with Crippen LogP contribution in [0, 0.1) is 6.92 Å². The fourth-order valence-electron chi connectivity index (χ4n) is 3.95. The van der Waals surface area contributed by atoms with Crippen LogP contribution in [0.15, 0.2) is 53.7 Å². The standard InChI is InChI=1S/C24H27N5O3/c1-4-18-15-21(26-16-25-18)27-11-13-28(14-12-27)23(30)22-17(2)9-10-29(24(22)31)19-7-5-6-8-20(19)32-3/h5-10,15-16H,4,11-14H2,1-3H3. The van der Waals surface area contributed by atoms with Crippen molar-refractivity contribution in [3.63, 3.8) is 0 Å². The average molecular weight is 434 g/mol. The van der Waals surface area contributed by atoms with Crippen molar-refractivity contribution in [3.8, 4) is 11.4 Å². The predicted molar refractivity (Wildman–Crippen MR) is 123 cm³/mol. The van der Waals surface area contributed by atoms with Gasteiger partial charge < -0.3 is 14.5 Å². The molecule has 0 atom stereocenters. The molecule has 0 radical (unpaired) electrons. The van der Waals surface area contributed by atoms with E-state index in [0.29, 0.717) is 43.2 Å². The molecule has 0 bridgehead atoms. The highest BCUT2D eigenvalue weighted by Gasteiger charge is 2.27. The van der Waals surface area contributed by atoms with Gasteiger partial charge in [-0.15, -0.1) is 0 Å². The van der Waals surface area contributed by atoms with Crippen LogP contribution < -0.4 is 15.2 Å². The lowest BCUT2D eigenvalue weighted by Gasteiger charge is -2.35. The van der Waals surface area contributed by atoms with E-state index in [1.54, 1.807) is 49.7 Å². The summed E-state index contributed by atoms with van der Waals surface area (Å²) in [4.78, 5) is 39.2. The second kappa shape index (κ2) is 9.21. The molecule has 3 heterocycles. The van der Waals surface area contributed by atoms with Crippen LogP contribution in [0.3, 0.4) is 0 Å². The number of carbonyl (C=O) groups excluding carboxylic acids is 1. The van der Waals surface area contributed by atoms with Gasteiger partial charge in [-0.1, -0.05) is 19.1 Å². The summed E-state index contributed by atoms with van der Waals surface area (Å²) in [5.74, 6) is 1.20. The third kappa shape index (κ3) is 4.08. The molecule has 32 heavy (non-hydrogen) atoms. The summed E-state index contributed by atoms with van der Waals surface area (Å²) in [6, 6.07) is 11.1. The van der Waals surface area contributed by atoms with Crippen LogP contribution in [0.25, 0.3) is 5.69 Å². The van der Waals surface area contributed by atoms with E-state index in [-0.39, 0.29) is 17.0 Å². The number of methoxy groups -OCH3 is 1. The van der Waals surface area contributed by atoms with Gasteiger partial charge in [0.2, 0.25) is 0 Å². The Kier molecular flexibility index (Phi) is 6.20. The molecule has 1 aromatic carbocycles. The average Bonchev–Trinajstić information content (AvgIpc) is 2.84. The molecule has 0 unspecified atom stereocenters. The number of piperazine rings is 1. The van der Waals surface area contributed by atoms with Crippen LogP contribution in [0.4, 0.5) is 5.82 Å². The van der Waals surface area contributed by atoms with E-state index in [4.69, 9.17) is 4.74 Å². The zero-order chi connectivity index (χ0) is 22.7. The predicted octanol–water partition coefficient (Wildman–Crippen LogP) is 2.47. The maximum atomic E-state index is 13.4. The van der Waals surface area contributed by atoms with E-state index >= 15 is 0 Å². The van der Waals surface area contributed by atoms with Gasteiger partial charge in [0.25, 0.3) is 11.5 Å². The second-order valence-electron chi connectivity index (χ2n) is 7.72. The molecule has 1 aliphatic heterocycles. The molecule has 1 amide bonds. The van der Waals surface area contributed by atoms with Gasteiger partial charge in [-0.3, -0.25) is 14.2 Å². The molecule has 1 aliphatic rings. The van der Waals surface area contributed by atoms with Gasteiger partial charge >= 0.3 is 0 Å². The van der Waals surface area contributed by atoms with Crippen molar-refractivity contribution >= 4 is 11.7 Å². The number of anilines is 1. The van der Waals surface area contributed by atoms with Crippen LogP contribution in [-0.4, -0.2) is 58.6 Å². The van der Waals surface area contributed by atoms with E-state index in [9.17, 15) is 9.59 Å². The largest absolute Gasteiger partial charge is 0.495 e. The van der Waals surface area contributed by atoms with Gasteiger partial charge in [0.05, 0.1) is 12.8 Å². The first-order valence-corrected chi connectivity index (χ1v) is 10.7. The Morgan fingerprint density at radius 1 is 1.09 bits per heavy atom. The molecule has 8 heteroatoms. The van der Waals surface area contributed by atoms with Crippen LogP contribution in [0.2, 0.25) is 0 Å². The van der Waals surface area contributed by atoms with Crippen LogP contribution in [0.1, 0.15) is 28.5 Å². The minimum absolute atomic E-state index is 0.196. The molecule has 0 N–H and O–H groups in total. The molecule has 0 aliphatic carbocycles.